The number of nitrogens with zero attached hydrogens (tertiary/aromatic N) is 2. The van der Waals surface area contributed by atoms with Crippen molar-refractivity contribution in [3.8, 4) is 0 Å². The summed E-state index contributed by atoms with van der Waals surface area (Å²) in [4.78, 5) is 30.2. The van der Waals surface area contributed by atoms with Crippen LogP contribution in [-0.2, 0) is 32.6 Å². The molecule has 0 aliphatic heterocycles. The second-order valence-electron chi connectivity index (χ2n) is 11.8. The highest BCUT2D eigenvalue weighted by atomic mass is 79.9. The Bertz CT molecular complexity index is 1760. The van der Waals surface area contributed by atoms with Crippen molar-refractivity contribution in [3.63, 3.8) is 0 Å². The zero-order chi connectivity index (χ0) is 33.4. The molecule has 4 aromatic carbocycles. The summed E-state index contributed by atoms with van der Waals surface area (Å²) in [6.07, 6.45) is 0.982. The van der Waals surface area contributed by atoms with Crippen LogP contribution in [0.4, 0.5) is 5.69 Å². The van der Waals surface area contributed by atoms with Crippen LogP contribution in [0, 0.1) is 20.8 Å². The second kappa shape index (κ2) is 15.6. The molecular formula is C37H42BrN3O4S. The van der Waals surface area contributed by atoms with E-state index in [4.69, 9.17) is 0 Å². The van der Waals surface area contributed by atoms with E-state index in [-0.39, 0.29) is 29.8 Å². The van der Waals surface area contributed by atoms with E-state index in [9.17, 15) is 18.0 Å². The molecule has 0 saturated carbocycles. The predicted octanol–water partition coefficient (Wildman–Crippen LogP) is 7.12. The molecule has 4 rings (SSSR count). The molecule has 46 heavy (non-hydrogen) atoms. The number of rotatable bonds is 13. The van der Waals surface area contributed by atoms with Crippen molar-refractivity contribution in [2.75, 3.05) is 10.8 Å². The third-order valence-electron chi connectivity index (χ3n) is 8.04. The first kappa shape index (κ1) is 34.9. The second-order valence-corrected chi connectivity index (χ2v) is 14.6. The number of nitrogens with one attached hydrogen (secondary N) is 1. The van der Waals surface area contributed by atoms with Crippen molar-refractivity contribution in [1.29, 1.82) is 0 Å². The lowest BCUT2D eigenvalue weighted by atomic mass is 10.0. The molecule has 0 aromatic heterocycles. The third kappa shape index (κ3) is 8.85. The highest BCUT2D eigenvalue weighted by molar-refractivity contribution is 9.10. The van der Waals surface area contributed by atoms with Crippen LogP contribution in [0.5, 0.6) is 0 Å². The minimum atomic E-state index is -4.17. The van der Waals surface area contributed by atoms with Crippen LogP contribution in [0.1, 0.15) is 48.1 Å². The lowest BCUT2D eigenvalue weighted by molar-refractivity contribution is -0.140. The molecule has 0 spiro atoms. The van der Waals surface area contributed by atoms with Gasteiger partial charge in [-0.3, -0.25) is 13.9 Å². The van der Waals surface area contributed by atoms with Gasteiger partial charge < -0.3 is 10.2 Å². The van der Waals surface area contributed by atoms with E-state index >= 15 is 0 Å². The van der Waals surface area contributed by atoms with Crippen molar-refractivity contribution in [2.24, 2.45) is 0 Å². The quantitative estimate of drug-likeness (QED) is 0.161. The molecule has 4 aromatic rings. The fourth-order valence-corrected chi connectivity index (χ4v) is 7.08. The summed E-state index contributed by atoms with van der Waals surface area (Å²) < 4.78 is 30.7. The Balaban J connectivity index is 1.84. The van der Waals surface area contributed by atoms with Gasteiger partial charge in [0.2, 0.25) is 11.8 Å². The molecule has 0 fully saturated rings. The van der Waals surface area contributed by atoms with Gasteiger partial charge >= 0.3 is 0 Å². The average molecular weight is 705 g/mol. The molecule has 7 nitrogen and oxygen atoms in total. The van der Waals surface area contributed by atoms with Crippen LogP contribution < -0.4 is 9.62 Å². The lowest BCUT2D eigenvalue weighted by Gasteiger charge is -2.34. The first-order valence-electron chi connectivity index (χ1n) is 15.4. The van der Waals surface area contributed by atoms with Crippen molar-refractivity contribution < 1.29 is 18.0 Å². The van der Waals surface area contributed by atoms with Crippen molar-refractivity contribution in [3.05, 3.63) is 129 Å². The molecule has 2 amide bonds. The van der Waals surface area contributed by atoms with E-state index in [1.165, 1.54) is 9.21 Å². The van der Waals surface area contributed by atoms with E-state index < -0.39 is 28.5 Å². The summed E-state index contributed by atoms with van der Waals surface area (Å²) in [5.74, 6) is -0.780. The van der Waals surface area contributed by atoms with Gasteiger partial charge in [0.05, 0.1) is 10.6 Å². The van der Waals surface area contributed by atoms with Gasteiger partial charge in [0.1, 0.15) is 12.6 Å². The summed E-state index contributed by atoms with van der Waals surface area (Å²) in [6, 6.07) is 28.2. The van der Waals surface area contributed by atoms with E-state index in [0.29, 0.717) is 11.3 Å². The summed E-state index contributed by atoms with van der Waals surface area (Å²) in [5.41, 5.74) is 4.60. The number of carbonyl (C=O) groups is 2. The number of hydrogen-bond donors (Lipinski definition) is 1. The molecular weight excluding hydrogens is 662 g/mol. The van der Waals surface area contributed by atoms with E-state index in [0.717, 1.165) is 33.1 Å². The van der Waals surface area contributed by atoms with Crippen molar-refractivity contribution in [2.45, 2.75) is 71.0 Å². The highest BCUT2D eigenvalue weighted by Gasteiger charge is 2.35. The van der Waals surface area contributed by atoms with Gasteiger partial charge in [-0.25, -0.2) is 8.42 Å². The summed E-state index contributed by atoms with van der Waals surface area (Å²) in [6.45, 7) is 9.13. The Morgan fingerprint density at radius 3 is 2.13 bits per heavy atom. The first-order valence-corrected chi connectivity index (χ1v) is 17.7. The van der Waals surface area contributed by atoms with Gasteiger partial charge in [0.25, 0.3) is 10.0 Å². The van der Waals surface area contributed by atoms with Gasteiger partial charge in [-0.2, -0.15) is 0 Å². The molecule has 2 atom stereocenters. The normalized spacial score (nSPS) is 12.7. The third-order valence-corrected chi connectivity index (χ3v) is 10.3. The molecule has 1 N–H and O–H groups in total. The number of sulfonamides is 1. The molecule has 0 unspecified atom stereocenters. The van der Waals surface area contributed by atoms with E-state index in [1.807, 2.05) is 101 Å². The molecule has 0 bridgehead atoms. The summed E-state index contributed by atoms with van der Waals surface area (Å²) >= 11 is 3.52. The fraction of sp³-hybridized carbons (Fsp3) is 0.297. The smallest absolute Gasteiger partial charge is 0.264 e. The van der Waals surface area contributed by atoms with E-state index in [1.54, 1.807) is 30.3 Å². The maximum atomic E-state index is 14.7. The van der Waals surface area contributed by atoms with Crippen LogP contribution >= 0.6 is 15.9 Å². The Kier molecular flexibility index (Phi) is 11.8. The molecule has 0 heterocycles. The molecule has 0 aliphatic rings. The van der Waals surface area contributed by atoms with Gasteiger partial charge in [0, 0.05) is 23.5 Å². The average Bonchev–Trinajstić information content (AvgIpc) is 3.03. The molecule has 0 saturated heterocycles. The zero-order valence-corrected chi connectivity index (χ0v) is 29.4. The van der Waals surface area contributed by atoms with Crippen LogP contribution in [0.3, 0.4) is 0 Å². The predicted molar refractivity (Wildman–Crippen MR) is 188 cm³/mol. The minimum Gasteiger partial charge on any atom is -0.352 e. The number of halogens is 1. The number of carbonyl (C=O) groups excluding carboxylic acids is 2. The Morgan fingerprint density at radius 1 is 0.826 bits per heavy atom. The lowest BCUT2D eigenvalue weighted by Crippen LogP contribution is -2.54. The van der Waals surface area contributed by atoms with Crippen LogP contribution in [0.25, 0.3) is 0 Å². The minimum absolute atomic E-state index is 0.0840. The molecule has 9 heteroatoms. The first-order chi connectivity index (χ1) is 21.9. The Hall–Kier alpha value is -3.95. The number of aryl methyl sites for hydroxylation is 3. The number of hydrogen-bond acceptors (Lipinski definition) is 4. The van der Waals surface area contributed by atoms with Crippen LogP contribution in [0.2, 0.25) is 0 Å². The molecule has 0 radical (unpaired) electrons. The van der Waals surface area contributed by atoms with E-state index in [2.05, 4.69) is 21.2 Å². The molecule has 242 valence electrons. The number of anilines is 1. The maximum absolute atomic E-state index is 14.7. The Labute approximate surface area is 281 Å². The number of amides is 2. The van der Waals surface area contributed by atoms with Gasteiger partial charge in [-0.15, -0.1) is 0 Å². The van der Waals surface area contributed by atoms with Gasteiger partial charge in [-0.05, 0) is 86.7 Å². The van der Waals surface area contributed by atoms with Crippen LogP contribution in [-0.4, -0.2) is 43.8 Å². The Morgan fingerprint density at radius 2 is 1.48 bits per heavy atom. The fourth-order valence-electron chi connectivity index (χ4n) is 5.17. The van der Waals surface area contributed by atoms with Crippen molar-refractivity contribution in [1.82, 2.24) is 10.2 Å². The highest BCUT2D eigenvalue weighted by Crippen LogP contribution is 2.29. The standard InChI is InChI=1S/C37H42BrN3O4S/c1-6-29(5)39-37(43)35(23-30-11-8-7-9-12-30)40(24-31-13-10-14-32(38)22-31)36(42)25-41(34-21-27(3)15-18-28(34)4)46(44,45)33-19-16-26(2)17-20-33/h7-22,29,35H,6,23-25H2,1-5H3,(H,39,43)/t29-,35+/m1/s1. The monoisotopic (exact) mass is 703 g/mol. The maximum Gasteiger partial charge on any atom is 0.264 e. The van der Waals surface area contributed by atoms with Crippen molar-refractivity contribution >= 4 is 43.5 Å². The zero-order valence-electron chi connectivity index (χ0n) is 27.0. The largest absolute Gasteiger partial charge is 0.352 e. The number of benzene rings is 4. The molecule has 0 aliphatic carbocycles. The summed E-state index contributed by atoms with van der Waals surface area (Å²) in [7, 11) is -4.17. The topological polar surface area (TPSA) is 86.8 Å². The van der Waals surface area contributed by atoms with Crippen LogP contribution in [0.15, 0.2) is 106 Å². The van der Waals surface area contributed by atoms with Gasteiger partial charge in [0.15, 0.2) is 0 Å². The van der Waals surface area contributed by atoms with Gasteiger partial charge in [-0.1, -0.05) is 95.1 Å². The SMILES string of the molecule is CC[C@@H](C)NC(=O)[C@H](Cc1ccccc1)N(Cc1cccc(Br)c1)C(=O)CN(c1cc(C)ccc1C)S(=O)(=O)c1ccc(C)cc1. The summed E-state index contributed by atoms with van der Waals surface area (Å²) in [5, 5.41) is 3.07.